The van der Waals surface area contributed by atoms with Crippen molar-refractivity contribution in [1.82, 2.24) is 19.6 Å². The number of aromatic nitrogens is 2. The third-order valence-corrected chi connectivity index (χ3v) is 6.09. The summed E-state index contributed by atoms with van der Waals surface area (Å²) in [6.45, 7) is 6.23. The number of benzene rings is 1. The van der Waals surface area contributed by atoms with Crippen LogP contribution in [0.4, 0.5) is 0 Å². The number of fused-ring (bicyclic) bond motifs is 3. The Morgan fingerprint density at radius 2 is 2.22 bits per heavy atom. The van der Waals surface area contributed by atoms with E-state index < -0.39 is 0 Å². The standard InChI is InChI=1S/C20H24N4O2S/c1-14-6-4-10-23(13-14)11-5-9-21-19(26)17-12-18(25)24-16-8-3-2-7-15(16)22-20(24)27-17/h2-3,7-8,12,14H,4-6,9-11,13H2,1H3,(H,21,26)/t14-/m0/s1. The molecule has 1 fully saturated rings. The number of rotatable bonds is 5. The smallest absolute Gasteiger partial charge is 0.261 e. The maximum absolute atomic E-state index is 12.5. The van der Waals surface area contributed by atoms with Crippen molar-refractivity contribution in [2.45, 2.75) is 26.2 Å². The Bertz CT molecular complexity index is 1030. The zero-order chi connectivity index (χ0) is 18.8. The molecule has 27 heavy (non-hydrogen) atoms. The summed E-state index contributed by atoms with van der Waals surface area (Å²) in [5.41, 5.74) is 1.32. The Hall–Kier alpha value is -2.25. The highest BCUT2D eigenvalue weighted by Crippen LogP contribution is 2.19. The summed E-state index contributed by atoms with van der Waals surface area (Å²) >= 11 is 1.25. The second kappa shape index (κ2) is 7.78. The molecule has 1 aliphatic rings. The van der Waals surface area contributed by atoms with Crippen molar-refractivity contribution in [2.24, 2.45) is 5.92 Å². The van der Waals surface area contributed by atoms with Crippen LogP contribution in [0.3, 0.4) is 0 Å². The van der Waals surface area contributed by atoms with Crippen LogP contribution in [0.1, 0.15) is 35.9 Å². The molecule has 142 valence electrons. The molecule has 3 aromatic rings. The van der Waals surface area contributed by atoms with Crippen LogP contribution in [0.2, 0.25) is 0 Å². The maximum Gasteiger partial charge on any atom is 0.261 e. The summed E-state index contributed by atoms with van der Waals surface area (Å²) in [4.78, 5) is 32.9. The van der Waals surface area contributed by atoms with Crippen molar-refractivity contribution in [3.8, 4) is 0 Å². The minimum absolute atomic E-state index is 0.196. The van der Waals surface area contributed by atoms with Crippen LogP contribution in [0.15, 0.2) is 35.1 Å². The van der Waals surface area contributed by atoms with Gasteiger partial charge in [0, 0.05) is 19.2 Å². The van der Waals surface area contributed by atoms with Gasteiger partial charge in [0.15, 0.2) is 4.96 Å². The van der Waals surface area contributed by atoms with Crippen LogP contribution < -0.4 is 10.9 Å². The quantitative estimate of drug-likeness (QED) is 0.687. The van der Waals surface area contributed by atoms with Gasteiger partial charge in [0.05, 0.1) is 11.0 Å². The summed E-state index contributed by atoms with van der Waals surface area (Å²) in [5, 5.41) is 2.94. The monoisotopic (exact) mass is 384 g/mol. The number of carbonyl (C=O) groups is 1. The topological polar surface area (TPSA) is 66.7 Å². The number of piperidine rings is 1. The lowest BCUT2D eigenvalue weighted by molar-refractivity contribution is 0.0954. The Kier molecular flexibility index (Phi) is 5.22. The van der Waals surface area contributed by atoms with Gasteiger partial charge in [-0.1, -0.05) is 30.4 Å². The molecule has 0 saturated carbocycles. The van der Waals surface area contributed by atoms with Gasteiger partial charge in [-0.15, -0.1) is 0 Å². The Morgan fingerprint density at radius 3 is 3.07 bits per heavy atom. The summed E-state index contributed by atoms with van der Waals surface area (Å²) in [6, 6.07) is 8.92. The molecule has 1 aliphatic heterocycles. The summed E-state index contributed by atoms with van der Waals surface area (Å²) in [5.74, 6) is 0.570. The number of nitrogens with zero attached hydrogens (tertiary/aromatic N) is 3. The highest BCUT2D eigenvalue weighted by atomic mass is 32.1. The first-order valence-electron chi connectivity index (χ1n) is 9.54. The predicted octanol–water partition coefficient (Wildman–Crippen LogP) is 2.76. The minimum atomic E-state index is -0.218. The minimum Gasteiger partial charge on any atom is -0.351 e. The lowest BCUT2D eigenvalue weighted by Gasteiger charge is -2.30. The number of imidazole rings is 1. The predicted molar refractivity (Wildman–Crippen MR) is 109 cm³/mol. The Balaban J connectivity index is 1.40. The second-order valence-electron chi connectivity index (χ2n) is 7.32. The molecule has 0 unspecified atom stereocenters. The van der Waals surface area contributed by atoms with E-state index in [9.17, 15) is 9.59 Å². The molecule has 1 amide bonds. The van der Waals surface area contributed by atoms with Crippen molar-refractivity contribution in [1.29, 1.82) is 0 Å². The maximum atomic E-state index is 12.5. The number of amides is 1. The fourth-order valence-electron chi connectivity index (χ4n) is 3.78. The van der Waals surface area contributed by atoms with E-state index in [1.165, 1.54) is 30.2 Å². The van der Waals surface area contributed by atoms with Crippen molar-refractivity contribution in [3.05, 3.63) is 45.6 Å². The molecule has 0 radical (unpaired) electrons. The van der Waals surface area contributed by atoms with Gasteiger partial charge in [-0.25, -0.2) is 4.98 Å². The fourth-order valence-corrected chi connectivity index (χ4v) is 4.73. The zero-order valence-electron chi connectivity index (χ0n) is 15.5. The van der Waals surface area contributed by atoms with E-state index in [-0.39, 0.29) is 11.5 Å². The number of hydrogen-bond donors (Lipinski definition) is 1. The third kappa shape index (κ3) is 3.89. The van der Waals surface area contributed by atoms with Crippen LogP contribution >= 0.6 is 11.3 Å². The Labute approximate surface area is 161 Å². The molecule has 4 rings (SSSR count). The molecule has 0 spiro atoms. The van der Waals surface area contributed by atoms with Gasteiger partial charge in [-0.3, -0.25) is 14.0 Å². The molecule has 1 N–H and O–H groups in total. The molecule has 7 heteroatoms. The molecule has 3 heterocycles. The number of para-hydroxylation sites is 2. The van der Waals surface area contributed by atoms with Gasteiger partial charge < -0.3 is 10.2 Å². The number of hydrogen-bond acceptors (Lipinski definition) is 5. The van der Waals surface area contributed by atoms with Crippen LogP contribution in [0.5, 0.6) is 0 Å². The van der Waals surface area contributed by atoms with Gasteiger partial charge >= 0.3 is 0 Å². The van der Waals surface area contributed by atoms with Crippen LogP contribution in [-0.2, 0) is 0 Å². The second-order valence-corrected chi connectivity index (χ2v) is 8.33. The summed E-state index contributed by atoms with van der Waals surface area (Å²) in [6.07, 6.45) is 3.50. The van der Waals surface area contributed by atoms with Gasteiger partial charge in [0.1, 0.15) is 4.88 Å². The van der Waals surface area contributed by atoms with Crippen LogP contribution in [0.25, 0.3) is 16.0 Å². The van der Waals surface area contributed by atoms with E-state index in [1.807, 2.05) is 24.3 Å². The van der Waals surface area contributed by atoms with Crippen molar-refractivity contribution in [2.75, 3.05) is 26.2 Å². The van der Waals surface area contributed by atoms with Gasteiger partial charge in [0.2, 0.25) is 0 Å². The van der Waals surface area contributed by atoms with Crippen molar-refractivity contribution in [3.63, 3.8) is 0 Å². The molecular formula is C20H24N4O2S. The van der Waals surface area contributed by atoms with Crippen LogP contribution in [0, 0.1) is 5.92 Å². The SMILES string of the molecule is C[C@H]1CCCN(CCCNC(=O)c2cc(=O)n3c(nc4ccccc43)s2)C1. The molecule has 1 atom stereocenters. The van der Waals surface area contributed by atoms with E-state index in [1.54, 1.807) is 4.40 Å². The third-order valence-electron chi connectivity index (χ3n) is 5.11. The summed E-state index contributed by atoms with van der Waals surface area (Å²) < 4.78 is 1.56. The lowest BCUT2D eigenvalue weighted by atomic mass is 10.0. The Morgan fingerprint density at radius 1 is 1.37 bits per heavy atom. The zero-order valence-corrected chi connectivity index (χ0v) is 16.3. The highest BCUT2D eigenvalue weighted by Gasteiger charge is 2.16. The van der Waals surface area contributed by atoms with E-state index in [0.29, 0.717) is 16.4 Å². The van der Waals surface area contributed by atoms with E-state index in [4.69, 9.17) is 0 Å². The molecule has 1 aromatic carbocycles. The summed E-state index contributed by atoms with van der Waals surface area (Å²) in [7, 11) is 0. The first kappa shape index (κ1) is 18.1. The average Bonchev–Trinajstić information content (AvgIpc) is 3.04. The van der Waals surface area contributed by atoms with Crippen molar-refractivity contribution >= 4 is 33.2 Å². The largest absolute Gasteiger partial charge is 0.351 e. The van der Waals surface area contributed by atoms with Crippen LogP contribution in [-0.4, -0.2) is 46.4 Å². The van der Waals surface area contributed by atoms with Gasteiger partial charge in [-0.2, -0.15) is 0 Å². The molecule has 1 saturated heterocycles. The molecule has 2 aromatic heterocycles. The average molecular weight is 385 g/mol. The van der Waals surface area contributed by atoms with E-state index in [2.05, 4.69) is 22.1 Å². The van der Waals surface area contributed by atoms with Gasteiger partial charge in [0.25, 0.3) is 11.5 Å². The normalized spacial score (nSPS) is 18.2. The van der Waals surface area contributed by atoms with Crippen molar-refractivity contribution < 1.29 is 4.79 Å². The first-order chi connectivity index (χ1) is 13.1. The number of nitrogens with one attached hydrogen (secondary N) is 1. The molecule has 0 bridgehead atoms. The first-order valence-corrected chi connectivity index (χ1v) is 10.4. The van der Waals surface area contributed by atoms with Gasteiger partial charge in [-0.05, 0) is 50.4 Å². The lowest BCUT2D eigenvalue weighted by Crippen LogP contribution is -2.36. The highest BCUT2D eigenvalue weighted by molar-refractivity contribution is 7.18. The molecular weight excluding hydrogens is 360 g/mol. The fraction of sp³-hybridized carbons (Fsp3) is 0.450. The van der Waals surface area contributed by atoms with E-state index in [0.717, 1.165) is 43.0 Å². The number of likely N-dealkylation sites (tertiary alicyclic amines) is 1. The van der Waals surface area contributed by atoms with E-state index >= 15 is 0 Å². The molecule has 0 aliphatic carbocycles. The molecule has 6 nitrogen and oxygen atoms in total. The number of carbonyl (C=O) groups excluding carboxylic acids is 1.